The molecule has 1 aliphatic rings. The summed E-state index contributed by atoms with van der Waals surface area (Å²) in [4.78, 5) is 27.8. The number of hydrogen-bond acceptors (Lipinski definition) is 10. The summed E-state index contributed by atoms with van der Waals surface area (Å²) < 4.78 is 42.0. The maximum atomic E-state index is 13.4. The van der Waals surface area contributed by atoms with Crippen LogP contribution in [0.4, 0.5) is 5.82 Å². The molecule has 0 spiro atoms. The molecular weight excluding hydrogens is 455 g/mol. The summed E-state index contributed by atoms with van der Waals surface area (Å²) >= 11 is 0. The van der Waals surface area contributed by atoms with Crippen LogP contribution in [0.1, 0.15) is 27.0 Å². The van der Waals surface area contributed by atoms with Gasteiger partial charge in [0, 0.05) is 6.20 Å². The van der Waals surface area contributed by atoms with E-state index in [-0.39, 0.29) is 30.9 Å². The van der Waals surface area contributed by atoms with Crippen molar-refractivity contribution in [2.24, 2.45) is 0 Å². The fourth-order valence-electron chi connectivity index (χ4n) is 2.82. The minimum atomic E-state index is -4.06. The lowest BCUT2D eigenvalue weighted by molar-refractivity contribution is -0.149. The third-order valence-corrected chi connectivity index (χ3v) is 5.95. The molecule has 2 heterocycles. The van der Waals surface area contributed by atoms with E-state index in [0.29, 0.717) is 0 Å². The molecule has 2 unspecified atom stereocenters. The Hall–Kier alpha value is -2.76. The fourth-order valence-corrected chi connectivity index (χ4v) is 4.29. The van der Waals surface area contributed by atoms with Gasteiger partial charge in [-0.3, -0.25) is 13.9 Å². The van der Waals surface area contributed by atoms with Crippen LogP contribution in [0.3, 0.4) is 0 Å². The Morgan fingerprint density at radius 1 is 1.30 bits per heavy atom. The Balaban J connectivity index is 1.66. The molecule has 0 bridgehead atoms. The molecule has 0 saturated carbocycles. The molecule has 1 aliphatic heterocycles. The SMILES string of the molecule is CC(C)OC(=O)[C@@H](C)NP(=O)(OC[C@H]1OCC(n2ccc(N)nc2=O)O1)Oc1ccccc1. The highest BCUT2D eigenvalue weighted by molar-refractivity contribution is 7.52. The number of esters is 1. The molecule has 3 rings (SSSR count). The van der Waals surface area contributed by atoms with Crippen LogP contribution in [0.2, 0.25) is 0 Å². The van der Waals surface area contributed by atoms with Gasteiger partial charge in [-0.2, -0.15) is 10.1 Å². The number of nitrogens with two attached hydrogens (primary N) is 1. The second-order valence-electron chi connectivity index (χ2n) is 7.43. The highest BCUT2D eigenvalue weighted by Gasteiger charge is 2.36. The van der Waals surface area contributed by atoms with Gasteiger partial charge in [0.05, 0.1) is 12.7 Å². The monoisotopic (exact) mass is 482 g/mol. The number of benzene rings is 1. The lowest BCUT2D eigenvalue weighted by Crippen LogP contribution is -2.36. The average Bonchev–Trinajstić information content (AvgIpc) is 3.21. The van der Waals surface area contributed by atoms with Crippen molar-refractivity contribution < 1.29 is 32.6 Å². The Kier molecular flexibility index (Phi) is 8.22. The summed E-state index contributed by atoms with van der Waals surface area (Å²) in [5.74, 6) is -0.261. The summed E-state index contributed by atoms with van der Waals surface area (Å²) in [6.07, 6.45) is -0.622. The van der Waals surface area contributed by atoms with Crippen LogP contribution in [-0.4, -0.2) is 47.2 Å². The van der Waals surface area contributed by atoms with E-state index < -0.39 is 38.0 Å². The van der Waals surface area contributed by atoms with E-state index in [4.69, 9.17) is 29.0 Å². The van der Waals surface area contributed by atoms with E-state index in [1.165, 1.54) is 23.8 Å². The maximum absolute atomic E-state index is 13.4. The molecule has 1 aromatic carbocycles. The molecular formula is C20H27N4O8P. The highest BCUT2D eigenvalue weighted by atomic mass is 31.2. The lowest BCUT2D eigenvalue weighted by Gasteiger charge is -2.24. The molecule has 0 radical (unpaired) electrons. The number of hydrogen-bond donors (Lipinski definition) is 2. The standard InChI is InChI=1S/C20H27N4O8P/c1-13(2)30-19(25)14(3)23-33(27,32-15-7-5-4-6-8-15)29-12-18-28-11-17(31-18)24-10-9-16(21)22-20(24)26/h4-10,13-14,17-18H,11-12H2,1-3H3,(H,23,27)(H2,21,22,26)/t14-,17?,18+,33?/m1/s1. The van der Waals surface area contributed by atoms with Gasteiger partial charge in [-0.1, -0.05) is 18.2 Å². The molecule has 13 heteroatoms. The van der Waals surface area contributed by atoms with Crippen LogP contribution < -0.4 is 21.0 Å². The molecule has 12 nitrogen and oxygen atoms in total. The van der Waals surface area contributed by atoms with Crippen molar-refractivity contribution in [2.45, 2.75) is 45.4 Å². The first-order chi connectivity index (χ1) is 15.6. The number of ether oxygens (including phenoxy) is 3. The summed E-state index contributed by atoms with van der Waals surface area (Å²) in [5.41, 5.74) is 4.90. The Morgan fingerprint density at radius 2 is 2.03 bits per heavy atom. The van der Waals surface area contributed by atoms with E-state index >= 15 is 0 Å². The van der Waals surface area contributed by atoms with Gasteiger partial charge >= 0.3 is 19.4 Å². The minimum Gasteiger partial charge on any atom is -0.462 e. The van der Waals surface area contributed by atoms with Crippen molar-refractivity contribution in [1.29, 1.82) is 0 Å². The molecule has 4 atom stereocenters. The van der Waals surface area contributed by atoms with Crippen molar-refractivity contribution in [1.82, 2.24) is 14.6 Å². The van der Waals surface area contributed by atoms with Gasteiger partial charge in [-0.05, 0) is 39.0 Å². The molecule has 0 aliphatic carbocycles. The van der Waals surface area contributed by atoms with E-state index in [0.717, 1.165) is 0 Å². The summed E-state index contributed by atoms with van der Waals surface area (Å²) in [5, 5.41) is 2.58. The third-order valence-electron chi connectivity index (χ3n) is 4.30. The molecule has 3 N–H and O–H groups in total. The van der Waals surface area contributed by atoms with Crippen LogP contribution in [0, 0.1) is 0 Å². The largest absolute Gasteiger partial charge is 0.462 e. The van der Waals surface area contributed by atoms with Crippen LogP contribution in [0.5, 0.6) is 5.75 Å². The second-order valence-corrected chi connectivity index (χ2v) is 9.12. The summed E-state index contributed by atoms with van der Waals surface area (Å²) in [6, 6.07) is 8.81. The number of aromatic nitrogens is 2. The maximum Gasteiger partial charge on any atom is 0.459 e. The molecule has 2 aromatic rings. The first-order valence-corrected chi connectivity index (χ1v) is 11.8. The Bertz CT molecular complexity index is 1050. The quantitative estimate of drug-likeness (QED) is 0.377. The van der Waals surface area contributed by atoms with E-state index in [2.05, 4.69) is 10.1 Å². The van der Waals surface area contributed by atoms with E-state index in [9.17, 15) is 14.2 Å². The number of anilines is 1. The van der Waals surface area contributed by atoms with Crippen LogP contribution in [0.15, 0.2) is 47.4 Å². The van der Waals surface area contributed by atoms with Gasteiger partial charge < -0.3 is 24.5 Å². The molecule has 33 heavy (non-hydrogen) atoms. The number of nitrogens with zero attached hydrogens (tertiary/aromatic N) is 2. The number of carbonyl (C=O) groups excluding carboxylic acids is 1. The number of para-hydroxylation sites is 1. The van der Waals surface area contributed by atoms with Gasteiger partial charge in [0.1, 0.15) is 24.2 Å². The predicted octanol–water partition coefficient (Wildman–Crippen LogP) is 1.83. The smallest absolute Gasteiger partial charge is 0.459 e. The van der Waals surface area contributed by atoms with Gasteiger partial charge in [0.15, 0.2) is 12.5 Å². The molecule has 1 fully saturated rings. The fraction of sp³-hybridized carbons (Fsp3) is 0.450. The zero-order valence-corrected chi connectivity index (χ0v) is 19.3. The van der Waals surface area contributed by atoms with Gasteiger partial charge in [-0.25, -0.2) is 9.36 Å². The van der Waals surface area contributed by atoms with Crippen molar-refractivity contribution in [2.75, 3.05) is 18.9 Å². The molecule has 180 valence electrons. The van der Waals surface area contributed by atoms with E-state index in [1.807, 2.05) is 0 Å². The Morgan fingerprint density at radius 3 is 2.70 bits per heavy atom. The average molecular weight is 482 g/mol. The highest BCUT2D eigenvalue weighted by Crippen LogP contribution is 2.45. The molecule has 0 amide bonds. The summed E-state index contributed by atoms with van der Waals surface area (Å²) in [7, 11) is -4.06. The molecule has 1 saturated heterocycles. The normalized spacial score (nSPS) is 20.8. The second kappa shape index (κ2) is 10.9. The minimum absolute atomic E-state index is 0.0356. The Labute approximate surface area is 190 Å². The van der Waals surface area contributed by atoms with Crippen molar-refractivity contribution >= 4 is 19.5 Å². The van der Waals surface area contributed by atoms with Crippen LogP contribution in [0.25, 0.3) is 0 Å². The van der Waals surface area contributed by atoms with Crippen molar-refractivity contribution in [3.63, 3.8) is 0 Å². The van der Waals surface area contributed by atoms with Crippen LogP contribution >= 0.6 is 7.75 Å². The van der Waals surface area contributed by atoms with Crippen molar-refractivity contribution in [3.8, 4) is 5.75 Å². The number of carbonyl (C=O) groups is 1. The zero-order chi connectivity index (χ0) is 24.0. The van der Waals surface area contributed by atoms with Crippen LogP contribution in [-0.2, 0) is 28.1 Å². The topological polar surface area (TPSA) is 153 Å². The molecule has 1 aromatic heterocycles. The predicted molar refractivity (Wildman–Crippen MR) is 117 cm³/mol. The third kappa shape index (κ3) is 7.11. The van der Waals surface area contributed by atoms with E-state index in [1.54, 1.807) is 44.2 Å². The lowest BCUT2D eigenvalue weighted by atomic mass is 10.3. The number of nitrogen functional groups attached to an aromatic ring is 1. The number of nitrogens with one attached hydrogen (secondary N) is 1. The van der Waals surface area contributed by atoms with Crippen molar-refractivity contribution in [3.05, 3.63) is 53.1 Å². The first-order valence-electron chi connectivity index (χ1n) is 10.2. The zero-order valence-electron chi connectivity index (χ0n) is 18.5. The van der Waals surface area contributed by atoms with Gasteiger partial charge in [0.2, 0.25) is 0 Å². The summed E-state index contributed by atoms with van der Waals surface area (Å²) in [6.45, 7) is 4.61. The van der Waals surface area contributed by atoms with Gasteiger partial charge in [0.25, 0.3) is 0 Å². The van der Waals surface area contributed by atoms with Gasteiger partial charge in [-0.15, -0.1) is 0 Å². The first kappa shape index (κ1) is 24.9. The number of rotatable bonds is 10.